The molecule has 0 fully saturated rings. The van der Waals surface area contributed by atoms with E-state index in [0.717, 1.165) is 0 Å². The molecule has 0 aliphatic rings. The van der Waals surface area contributed by atoms with Gasteiger partial charge in [-0.05, 0) is 25.7 Å². The first-order valence-corrected chi connectivity index (χ1v) is 10.2. The number of aliphatic carboxylic acids is 2. The van der Waals surface area contributed by atoms with Crippen LogP contribution >= 0.6 is 0 Å². The summed E-state index contributed by atoms with van der Waals surface area (Å²) < 4.78 is 0. The van der Waals surface area contributed by atoms with Crippen molar-refractivity contribution in [3.63, 3.8) is 0 Å². The first kappa shape index (κ1) is 29.7. The van der Waals surface area contributed by atoms with Gasteiger partial charge in [0.25, 0.3) is 0 Å². The minimum absolute atomic E-state index is 0.0841. The van der Waals surface area contributed by atoms with Crippen LogP contribution in [0.15, 0.2) is 0 Å². The lowest BCUT2D eigenvalue weighted by Crippen LogP contribution is -2.60. The number of hydrogen-bond donors (Lipinski definition) is 8. The van der Waals surface area contributed by atoms with Crippen molar-refractivity contribution in [1.82, 2.24) is 16.0 Å². The minimum Gasteiger partial charge on any atom is -0.481 e. The number of hydrogen-bond acceptors (Lipinski definition) is 8. The molecule has 0 saturated heterocycles. The number of rotatable bonds is 15. The number of primary amides is 1. The predicted octanol–water partition coefficient (Wildman–Crippen LogP) is -2.98. The van der Waals surface area contributed by atoms with Crippen LogP contribution in [0.25, 0.3) is 0 Å². The Morgan fingerprint density at radius 2 is 1.30 bits per heavy atom. The van der Waals surface area contributed by atoms with Crippen LogP contribution < -0.4 is 27.4 Å². The van der Waals surface area contributed by atoms with Crippen LogP contribution in [0.2, 0.25) is 0 Å². The summed E-state index contributed by atoms with van der Waals surface area (Å²) in [6.45, 7) is 4.34. The van der Waals surface area contributed by atoms with Crippen molar-refractivity contribution in [3.8, 4) is 0 Å². The number of nitrogens with one attached hydrogen (secondary N) is 3. The minimum atomic E-state index is -1.51. The summed E-state index contributed by atoms with van der Waals surface area (Å²) in [6.07, 6.45) is -2.51. The molecule has 0 aromatic carbocycles. The third kappa shape index (κ3) is 11.2. The Labute approximate surface area is 190 Å². The molecule has 14 nitrogen and oxygen atoms in total. The van der Waals surface area contributed by atoms with Crippen molar-refractivity contribution >= 4 is 35.6 Å². The summed E-state index contributed by atoms with van der Waals surface area (Å²) >= 11 is 0. The summed E-state index contributed by atoms with van der Waals surface area (Å²) in [4.78, 5) is 70.3. The van der Waals surface area contributed by atoms with Gasteiger partial charge in [-0.3, -0.25) is 24.0 Å². The second kappa shape index (κ2) is 14.0. The highest BCUT2D eigenvalue weighted by Gasteiger charge is 2.33. The smallest absolute Gasteiger partial charge is 0.326 e. The quantitative estimate of drug-likeness (QED) is 0.119. The van der Waals surface area contributed by atoms with Gasteiger partial charge in [-0.2, -0.15) is 0 Å². The molecule has 33 heavy (non-hydrogen) atoms. The summed E-state index contributed by atoms with van der Waals surface area (Å²) in [5, 5.41) is 34.7. The molecule has 0 saturated carbocycles. The fourth-order valence-corrected chi connectivity index (χ4v) is 2.66. The molecule has 14 heteroatoms. The topological polar surface area (TPSA) is 251 Å². The van der Waals surface area contributed by atoms with Gasteiger partial charge in [-0.15, -0.1) is 0 Å². The molecule has 0 aliphatic heterocycles. The van der Waals surface area contributed by atoms with E-state index in [1.54, 1.807) is 13.8 Å². The zero-order valence-corrected chi connectivity index (χ0v) is 18.7. The molecule has 10 N–H and O–H groups in total. The van der Waals surface area contributed by atoms with Gasteiger partial charge in [0.05, 0.1) is 12.1 Å². The number of amides is 4. The van der Waals surface area contributed by atoms with Crippen LogP contribution in [0.1, 0.15) is 46.5 Å². The number of carbonyl (C=O) groups is 6. The number of aliphatic hydroxyl groups is 1. The Hall–Kier alpha value is -3.26. The van der Waals surface area contributed by atoms with Gasteiger partial charge in [0.2, 0.25) is 23.6 Å². The molecule has 0 aromatic rings. The highest BCUT2D eigenvalue weighted by molar-refractivity contribution is 5.94. The SMILES string of the molecule is CC(C)C(NC(=O)C(NC(=O)C(N)CCC(N)=O)C(C)O)C(=O)NC(CCC(=O)O)C(=O)O. The molecule has 0 rings (SSSR count). The van der Waals surface area contributed by atoms with E-state index in [1.807, 2.05) is 0 Å². The number of carboxylic acid groups (broad SMARTS) is 2. The van der Waals surface area contributed by atoms with Crippen molar-refractivity contribution in [3.05, 3.63) is 0 Å². The van der Waals surface area contributed by atoms with Crippen LogP contribution in [0.5, 0.6) is 0 Å². The molecule has 0 aliphatic carbocycles. The molecule has 4 amide bonds. The molecular formula is C19H33N5O9. The standard InChI is InChI=1S/C19H33N5O9/c1-8(2)14(17(30)22-11(19(32)33)5-7-13(27)28)23-18(31)15(9(3)25)24-16(29)10(20)4-6-12(21)26/h8-11,14-15,25H,4-7,20H2,1-3H3,(H2,21,26)(H,22,30)(H,23,31)(H,24,29)(H,27,28)(H,32,33). The van der Waals surface area contributed by atoms with Crippen molar-refractivity contribution in [2.45, 2.75) is 76.7 Å². The molecular weight excluding hydrogens is 442 g/mol. The maximum Gasteiger partial charge on any atom is 0.326 e. The maximum absolute atomic E-state index is 12.7. The van der Waals surface area contributed by atoms with Crippen molar-refractivity contribution in [1.29, 1.82) is 0 Å². The molecule has 5 unspecified atom stereocenters. The first-order valence-electron chi connectivity index (χ1n) is 10.2. The average molecular weight is 475 g/mol. The molecule has 0 bridgehead atoms. The Balaban J connectivity index is 5.32. The largest absolute Gasteiger partial charge is 0.481 e. The molecule has 188 valence electrons. The van der Waals surface area contributed by atoms with Gasteiger partial charge >= 0.3 is 11.9 Å². The predicted molar refractivity (Wildman–Crippen MR) is 113 cm³/mol. The zero-order valence-electron chi connectivity index (χ0n) is 18.7. The van der Waals surface area contributed by atoms with Gasteiger partial charge in [0.1, 0.15) is 18.1 Å². The Kier molecular flexibility index (Phi) is 12.6. The Morgan fingerprint density at radius 1 is 0.788 bits per heavy atom. The van der Waals surface area contributed by atoms with E-state index in [4.69, 9.17) is 16.6 Å². The molecule has 0 spiro atoms. The maximum atomic E-state index is 12.7. The molecule has 5 atom stereocenters. The number of carbonyl (C=O) groups excluding carboxylic acids is 4. The van der Waals surface area contributed by atoms with Crippen molar-refractivity contribution < 1.29 is 44.1 Å². The Morgan fingerprint density at radius 3 is 1.73 bits per heavy atom. The van der Waals surface area contributed by atoms with E-state index in [-0.39, 0.29) is 19.3 Å². The van der Waals surface area contributed by atoms with Crippen LogP contribution in [0, 0.1) is 5.92 Å². The number of carboxylic acids is 2. The third-order valence-corrected chi connectivity index (χ3v) is 4.61. The van der Waals surface area contributed by atoms with E-state index in [2.05, 4.69) is 16.0 Å². The van der Waals surface area contributed by atoms with E-state index in [0.29, 0.717) is 0 Å². The van der Waals surface area contributed by atoms with Gasteiger partial charge in [-0.1, -0.05) is 13.8 Å². The third-order valence-electron chi connectivity index (χ3n) is 4.61. The zero-order chi connectivity index (χ0) is 25.9. The summed E-state index contributed by atoms with van der Waals surface area (Å²) in [6, 6.07) is -5.44. The van der Waals surface area contributed by atoms with Gasteiger partial charge in [-0.25, -0.2) is 4.79 Å². The monoisotopic (exact) mass is 475 g/mol. The summed E-state index contributed by atoms with van der Waals surface area (Å²) in [5.74, 6) is -6.55. The van der Waals surface area contributed by atoms with E-state index >= 15 is 0 Å². The lowest BCUT2D eigenvalue weighted by molar-refractivity contribution is -0.144. The fourth-order valence-electron chi connectivity index (χ4n) is 2.66. The second-order valence-electron chi connectivity index (χ2n) is 7.90. The first-order chi connectivity index (χ1) is 15.2. The van der Waals surface area contributed by atoms with Crippen LogP contribution in [-0.4, -0.2) is 81.2 Å². The lowest BCUT2D eigenvalue weighted by atomic mass is 10.0. The van der Waals surface area contributed by atoms with E-state index in [1.165, 1.54) is 6.92 Å². The van der Waals surface area contributed by atoms with E-state index in [9.17, 15) is 39.0 Å². The normalized spacial score (nSPS) is 15.5. The van der Waals surface area contributed by atoms with Crippen molar-refractivity contribution in [2.24, 2.45) is 17.4 Å². The molecule has 0 heterocycles. The van der Waals surface area contributed by atoms with Crippen molar-refractivity contribution in [2.75, 3.05) is 0 Å². The van der Waals surface area contributed by atoms with Gasteiger partial charge in [0.15, 0.2) is 0 Å². The molecule has 0 aromatic heterocycles. The number of nitrogens with two attached hydrogens (primary N) is 2. The van der Waals surface area contributed by atoms with Crippen LogP contribution in [0.4, 0.5) is 0 Å². The fraction of sp³-hybridized carbons (Fsp3) is 0.684. The highest BCUT2D eigenvalue weighted by atomic mass is 16.4. The average Bonchev–Trinajstić information content (AvgIpc) is 2.69. The van der Waals surface area contributed by atoms with E-state index < -0.39 is 78.2 Å². The van der Waals surface area contributed by atoms with Crippen LogP contribution in [0.3, 0.4) is 0 Å². The number of aliphatic hydroxyl groups excluding tert-OH is 1. The second-order valence-corrected chi connectivity index (χ2v) is 7.90. The van der Waals surface area contributed by atoms with Gasteiger partial charge in [0, 0.05) is 12.8 Å². The van der Waals surface area contributed by atoms with Gasteiger partial charge < -0.3 is 42.7 Å². The molecule has 0 radical (unpaired) electrons. The summed E-state index contributed by atoms with van der Waals surface area (Å²) in [5.41, 5.74) is 10.7. The summed E-state index contributed by atoms with van der Waals surface area (Å²) in [7, 11) is 0. The Bertz CT molecular complexity index is 741. The highest BCUT2D eigenvalue weighted by Crippen LogP contribution is 2.07. The lowest BCUT2D eigenvalue weighted by Gasteiger charge is -2.28. The van der Waals surface area contributed by atoms with Crippen LogP contribution in [-0.2, 0) is 28.8 Å².